The summed E-state index contributed by atoms with van der Waals surface area (Å²) in [6.45, 7) is 4.43. The molecular weight excluding hydrogens is 318 g/mol. The fraction of sp³-hybridized carbons (Fsp3) is 0.250. The average molecular weight is 326 g/mol. The van der Waals surface area contributed by atoms with Gasteiger partial charge in [-0.25, -0.2) is 0 Å². The van der Waals surface area contributed by atoms with Crippen LogP contribution in [0.25, 0.3) is 0 Å². The molecule has 0 radical (unpaired) electrons. The van der Waals surface area contributed by atoms with E-state index in [0.29, 0.717) is 29.9 Å². The van der Waals surface area contributed by atoms with Gasteiger partial charge in [-0.05, 0) is 0 Å². The Balaban J connectivity index is 2.11. The third kappa shape index (κ3) is 2.06. The van der Waals surface area contributed by atoms with Gasteiger partial charge >= 0.3 is 94.7 Å². The Morgan fingerprint density at radius 1 is 0.917 bits per heavy atom. The molecule has 0 fully saturated rings. The number of allylic oxidation sites excluding steroid dienone is 2. The summed E-state index contributed by atoms with van der Waals surface area (Å²) in [4.78, 5) is 7.78. The molecule has 2 aliphatic heterocycles. The summed E-state index contributed by atoms with van der Waals surface area (Å²) in [6.07, 6.45) is 0. The van der Waals surface area contributed by atoms with Gasteiger partial charge in [0.25, 0.3) is 0 Å². The van der Waals surface area contributed by atoms with E-state index in [1.165, 1.54) is 9.81 Å². The van der Waals surface area contributed by atoms with Crippen molar-refractivity contribution >= 4 is 53.4 Å². The molecule has 0 aromatic rings. The summed E-state index contributed by atoms with van der Waals surface area (Å²) in [5.41, 5.74) is 0. The van der Waals surface area contributed by atoms with E-state index in [-0.39, 0.29) is 0 Å². The van der Waals surface area contributed by atoms with Crippen LogP contribution in [0.5, 0.6) is 0 Å². The summed E-state index contributed by atoms with van der Waals surface area (Å²) >= 11 is 5.29. The van der Waals surface area contributed by atoms with E-state index in [4.69, 9.17) is 0 Å². The molecule has 0 N–H and O–H groups in total. The van der Waals surface area contributed by atoms with E-state index in [2.05, 4.69) is 23.8 Å². The molecule has 0 aromatic carbocycles. The molecule has 0 bridgehead atoms. The summed E-state index contributed by atoms with van der Waals surface area (Å²) in [5, 5.41) is 0. The van der Waals surface area contributed by atoms with Gasteiger partial charge in [0.15, 0.2) is 0 Å². The van der Waals surface area contributed by atoms with Crippen LogP contribution in [-0.4, -0.2) is 29.9 Å². The van der Waals surface area contributed by atoms with Crippen LogP contribution in [-0.2, 0) is 0 Å². The number of rotatable bonds is 0. The molecule has 0 nitrogen and oxygen atoms in total. The summed E-state index contributed by atoms with van der Waals surface area (Å²) in [5.74, 6) is 0. The number of thioether (sulfide) groups is 2. The predicted octanol–water partition coefficient (Wildman–Crippen LogP) is 2.74. The molecule has 0 spiro atoms. The van der Waals surface area contributed by atoms with Gasteiger partial charge < -0.3 is 0 Å². The van der Waals surface area contributed by atoms with Gasteiger partial charge in [0, 0.05) is 0 Å². The van der Waals surface area contributed by atoms with Crippen molar-refractivity contribution in [2.45, 2.75) is 13.8 Å². The zero-order chi connectivity index (χ0) is 8.55. The van der Waals surface area contributed by atoms with Crippen LogP contribution in [0.1, 0.15) is 13.8 Å². The van der Waals surface area contributed by atoms with Gasteiger partial charge in [-0.3, -0.25) is 0 Å². The summed E-state index contributed by atoms with van der Waals surface area (Å²) in [6, 6.07) is 0. The van der Waals surface area contributed by atoms with Crippen LogP contribution >= 0.6 is 23.5 Å². The van der Waals surface area contributed by atoms with Gasteiger partial charge in [-0.2, -0.15) is 0 Å². The molecule has 0 amide bonds. The minimum absolute atomic E-state index is 0.650. The Morgan fingerprint density at radius 3 is 1.58 bits per heavy atom. The Morgan fingerprint density at radius 2 is 1.33 bits per heavy atom. The molecule has 4 heteroatoms. The first-order valence-electron chi connectivity index (χ1n) is 3.52. The Hall–Kier alpha value is 0.959. The van der Waals surface area contributed by atoms with Gasteiger partial charge in [0.05, 0.1) is 0 Å². The molecule has 0 aliphatic carbocycles. The van der Waals surface area contributed by atoms with Crippen molar-refractivity contribution < 1.29 is 0 Å². The molecule has 0 atom stereocenters. The van der Waals surface area contributed by atoms with Crippen LogP contribution < -0.4 is 0 Å². The maximum absolute atomic E-state index is 2.39. The molecular formula is C8H8S2Se2. The first kappa shape index (κ1) is 9.51. The van der Waals surface area contributed by atoms with Crippen LogP contribution in [0.15, 0.2) is 27.4 Å². The fourth-order valence-corrected chi connectivity index (χ4v) is 9.52. The van der Waals surface area contributed by atoms with Crippen molar-refractivity contribution in [3.63, 3.8) is 0 Å². The monoisotopic (exact) mass is 328 g/mol. The van der Waals surface area contributed by atoms with Crippen molar-refractivity contribution in [2.75, 3.05) is 0 Å². The standard InChI is InChI=1S/C8H8S2Se2/c1-5-3-11-7(9-5)8-10-6(2)4-12-8/h3-4H,1-2H3/b8-7-. The quantitative estimate of drug-likeness (QED) is 0.628. The molecule has 64 valence electrons. The van der Waals surface area contributed by atoms with Crippen LogP contribution in [0.4, 0.5) is 0 Å². The minimum atomic E-state index is 0.650. The van der Waals surface area contributed by atoms with Crippen molar-refractivity contribution in [1.82, 2.24) is 0 Å². The van der Waals surface area contributed by atoms with E-state index in [0.717, 1.165) is 0 Å². The van der Waals surface area contributed by atoms with E-state index < -0.39 is 0 Å². The molecule has 2 heterocycles. The van der Waals surface area contributed by atoms with E-state index in [1.54, 1.807) is 7.61 Å². The number of hydrogen-bond acceptors (Lipinski definition) is 2. The van der Waals surface area contributed by atoms with E-state index in [9.17, 15) is 0 Å². The normalized spacial score (nSPS) is 29.2. The first-order valence-corrected chi connectivity index (χ1v) is 8.85. The van der Waals surface area contributed by atoms with Crippen molar-refractivity contribution in [1.29, 1.82) is 0 Å². The zero-order valence-corrected chi connectivity index (χ0v) is 11.8. The molecule has 0 unspecified atom stereocenters. The topological polar surface area (TPSA) is 0 Å². The van der Waals surface area contributed by atoms with Gasteiger partial charge in [-0.1, -0.05) is 0 Å². The molecule has 2 aliphatic rings. The zero-order valence-electron chi connectivity index (χ0n) is 6.79. The van der Waals surface area contributed by atoms with Crippen molar-refractivity contribution in [3.8, 4) is 0 Å². The third-order valence-corrected chi connectivity index (χ3v) is 10.8. The van der Waals surface area contributed by atoms with Gasteiger partial charge in [0.2, 0.25) is 0 Å². The average Bonchev–Trinajstić information content (AvgIpc) is 2.58. The van der Waals surface area contributed by atoms with E-state index in [1.807, 2.05) is 23.5 Å². The second kappa shape index (κ2) is 4.00. The van der Waals surface area contributed by atoms with E-state index >= 15 is 0 Å². The van der Waals surface area contributed by atoms with Crippen LogP contribution in [0, 0.1) is 0 Å². The predicted molar refractivity (Wildman–Crippen MR) is 61.2 cm³/mol. The molecule has 12 heavy (non-hydrogen) atoms. The third-order valence-electron chi connectivity index (χ3n) is 1.34. The van der Waals surface area contributed by atoms with Crippen LogP contribution in [0.2, 0.25) is 0 Å². The number of hydrogen-bond donors (Lipinski definition) is 0. The van der Waals surface area contributed by atoms with Crippen molar-refractivity contribution in [3.05, 3.63) is 27.4 Å². The SMILES string of the molecule is CC1=C[Se]/C(=C2/SC(C)=C[Se]2)S1. The molecule has 0 saturated carbocycles. The molecule has 0 aromatic heterocycles. The summed E-state index contributed by atoms with van der Waals surface area (Å²) in [7, 11) is 0. The van der Waals surface area contributed by atoms with Gasteiger partial charge in [-0.15, -0.1) is 0 Å². The maximum atomic E-state index is 2.39. The van der Waals surface area contributed by atoms with Gasteiger partial charge in [0.1, 0.15) is 0 Å². The fourth-order valence-electron chi connectivity index (χ4n) is 0.841. The second-order valence-electron chi connectivity index (χ2n) is 2.47. The Labute approximate surface area is 94.0 Å². The second-order valence-corrected chi connectivity index (χ2v) is 9.84. The molecule has 0 saturated heterocycles. The Kier molecular flexibility index (Phi) is 3.17. The van der Waals surface area contributed by atoms with Crippen LogP contribution in [0.3, 0.4) is 0 Å². The Bertz CT molecular complexity index is 272. The first-order chi connectivity index (χ1) is 5.75. The van der Waals surface area contributed by atoms with Crippen molar-refractivity contribution in [2.24, 2.45) is 0 Å². The molecule has 2 rings (SSSR count). The summed E-state index contributed by atoms with van der Waals surface area (Å²) < 4.78 is 3.33.